The average Bonchev–Trinajstić information content (AvgIpc) is 2.67. The zero-order valence-electron chi connectivity index (χ0n) is 19.2. The van der Waals surface area contributed by atoms with Crippen LogP contribution in [0.15, 0.2) is 11.8 Å². The standard InChI is InChI=1S/2C8H17O.C6H10O3.Al/c2*1-3-5-6-8(4-2)7-9;1-3-9-6(8)4-5(2)7;/h2*8H,3-7H2,1-2H3;4,7H,3H2,1-2H3;/q2*-1;;+2/b;;5-4-;. The highest BCUT2D eigenvalue weighted by Gasteiger charge is 2.18. The predicted octanol–water partition coefficient (Wildman–Crippen LogP) is 5.90. The molecule has 5 nitrogen and oxygen atoms in total. The topological polar surface area (TPSA) is 58.3 Å². The first kappa shape index (κ1) is 27.5. The van der Waals surface area contributed by atoms with Crippen LogP contribution in [-0.4, -0.2) is 45.7 Å². The predicted molar refractivity (Wildman–Crippen MR) is 118 cm³/mol. The lowest BCUT2D eigenvalue weighted by Gasteiger charge is -2.33. The lowest BCUT2D eigenvalue weighted by atomic mass is 10.0. The number of ether oxygens (including phenoxy) is 1. The van der Waals surface area contributed by atoms with Crippen LogP contribution in [0.5, 0.6) is 0 Å². The van der Waals surface area contributed by atoms with Crippen LogP contribution in [-0.2, 0) is 16.1 Å². The average molecular weight is 416 g/mol. The number of hydrogen-bond acceptors (Lipinski definition) is 4. The van der Waals surface area contributed by atoms with Gasteiger partial charge in [-0.2, -0.15) is 0 Å². The van der Waals surface area contributed by atoms with Crippen LogP contribution >= 0.6 is 0 Å². The van der Waals surface area contributed by atoms with Crippen LogP contribution in [0.25, 0.3) is 0 Å². The highest BCUT2D eigenvalue weighted by atomic mass is 27.3. The van der Waals surface area contributed by atoms with Gasteiger partial charge < -0.3 is 20.9 Å². The molecule has 2 atom stereocenters. The second-order valence-corrected chi connectivity index (χ2v) is 8.91. The molecule has 0 amide bonds. The van der Waals surface area contributed by atoms with Gasteiger partial charge >= 0.3 is 21.1 Å². The number of allylic oxidation sites excluding steroid dienone is 1. The molecule has 0 aromatic rings. The molecule has 0 saturated heterocycles. The number of unbranched alkanes of at least 4 members (excludes halogenated alkanes) is 2. The van der Waals surface area contributed by atoms with Crippen molar-refractivity contribution in [2.45, 2.75) is 92.9 Å². The van der Waals surface area contributed by atoms with E-state index in [0.717, 1.165) is 12.8 Å². The molecule has 0 spiro atoms. The Bertz CT molecular complexity index is 394. The van der Waals surface area contributed by atoms with E-state index in [1.54, 1.807) is 6.92 Å². The van der Waals surface area contributed by atoms with E-state index in [9.17, 15) is 4.79 Å². The minimum atomic E-state index is -2.33. The summed E-state index contributed by atoms with van der Waals surface area (Å²) in [5.74, 6) is 1.50. The monoisotopic (exact) mass is 415 g/mol. The van der Waals surface area contributed by atoms with E-state index in [2.05, 4.69) is 27.7 Å². The van der Waals surface area contributed by atoms with Gasteiger partial charge in [-0.05, 0) is 51.7 Å². The molecule has 0 aromatic heterocycles. The number of rotatable bonds is 18. The highest BCUT2D eigenvalue weighted by molar-refractivity contribution is 6.36. The summed E-state index contributed by atoms with van der Waals surface area (Å²) in [5.41, 5.74) is 0. The lowest BCUT2D eigenvalue weighted by molar-refractivity contribution is 0.0824. The molecule has 6 heteroatoms. The van der Waals surface area contributed by atoms with Gasteiger partial charge in [-0.25, -0.2) is 0 Å². The first-order valence-corrected chi connectivity index (χ1v) is 12.7. The van der Waals surface area contributed by atoms with Crippen LogP contribution in [0, 0.1) is 11.8 Å². The Morgan fingerprint density at radius 3 is 1.79 bits per heavy atom. The molecule has 1 radical (unpaired) electrons. The Kier molecular flexibility index (Phi) is 18.1. The third-order valence-electron chi connectivity index (χ3n) is 4.92. The summed E-state index contributed by atoms with van der Waals surface area (Å²) in [6, 6.07) is 0. The molecule has 0 saturated carbocycles. The molecular formula is C22H44AlO5. The summed E-state index contributed by atoms with van der Waals surface area (Å²) < 4.78 is 23.3. The Balaban J connectivity index is 4.81. The zero-order valence-corrected chi connectivity index (χ0v) is 20.3. The van der Waals surface area contributed by atoms with E-state index in [4.69, 9.17) is 16.1 Å². The summed E-state index contributed by atoms with van der Waals surface area (Å²) in [7, 11) is 0. The van der Waals surface area contributed by atoms with Gasteiger partial charge in [0.1, 0.15) is 6.08 Å². The minimum absolute atomic E-state index is 0.142. The molecule has 28 heavy (non-hydrogen) atoms. The van der Waals surface area contributed by atoms with Gasteiger partial charge in [-0.3, -0.25) is 0 Å². The van der Waals surface area contributed by atoms with Crippen molar-refractivity contribution in [2.75, 3.05) is 19.8 Å². The lowest BCUT2D eigenvalue weighted by Crippen LogP contribution is -2.31. The van der Waals surface area contributed by atoms with E-state index in [-0.39, 0.29) is 5.97 Å². The van der Waals surface area contributed by atoms with Crippen LogP contribution in [0.4, 0.5) is 0 Å². The summed E-state index contributed by atoms with van der Waals surface area (Å²) in [6.45, 7) is 14.2. The van der Waals surface area contributed by atoms with Crippen LogP contribution < -0.4 is 0 Å². The van der Waals surface area contributed by atoms with Gasteiger partial charge in [0.2, 0.25) is 0 Å². The number of esters is 1. The molecule has 0 bridgehead atoms. The molecule has 0 fully saturated rings. The van der Waals surface area contributed by atoms with Crippen molar-refractivity contribution >= 4 is 21.1 Å². The molecule has 165 valence electrons. The quantitative estimate of drug-likeness (QED) is 0.0920. The van der Waals surface area contributed by atoms with E-state index >= 15 is 0 Å². The van der Waals surface area contributed by atoms with Gasteiger partial charge in [-0.1, -0.05) is 66.2 Å². The molecule has 0 aromatic carbocycles. The van der Waals surface area contributed by atoms with Crippen LogP contribution in [0.2, 0.25) is 0 Å². The second kappa shape index (κ2) is 18.5. The Hall–Kier alpha value is -0.538. The number of carbonyl (C=O) groups excluding carboxylic acids is 1. The molecule has 0 aliphatic rings. The third-order valence-corrected chi connectivity index (χ3v) is 6.42. The summed E-state index contributed by atoms with van der Waals surface area (Å²) in [6.07, 6.45) is 10.9. The van der Waals surface area contributed by atoms with Gasteiger partial charge in [0.15, 0.2) is 6.61 Å². The van der Waals surface area contributed by atoms with E-state index in [1.165, 1.54) is 44.6 Å². The Labute approximate surface area is 178 Å². The molecule has 0 aliphatic carbocycles. The van der Waals surface area contributed by atoms with Crippen LogP contribution in [0.3, 0.4) is 0 Å². The Morgan fingerprint density at radius 2 is 1.39 bits per heavy atom. The van der Waals surface area contributed by atoms with Crippen molar-refractivity contribution in [3.63, 3.8) is 0 Å². The summed E-state index contributed by atoms with van der Waals surface area (Å²) in [4.78, 5) is 9.71. The molecular weight excluding hydrogens is 371 g/mol. The molecule has 2 unspecified atom stereocenters. The maximum Gasteiger partial charge on any atom is 0.653 e. The van der Waals surface area contributed by atoms with Crippen LogP contribution in [0.1, 0.15) is 92.9 Å². The molecule has 1 N–H and O–H groups in total. The fraction of sp³-hybridized carbons (Fsp3) is 0.864. The van der Waals surface area contributed by atoms with Crippen molar-refractivity contribution in [1.29, 1.82) is 0 Å². The molecule has 0 rings (SSSR count). The normalized spacial score (nSPS) is 14.2. The number of hydrogen-bond donors (Lipinski definition) is 0. The van der Waals surface area contributed by atoms with E-state index < -0.39 is 15.1 Å². The van der Waals surface area contributed by atoms with Crippen molar-refractivity contribution < 1.29 is 20.9 Å². The second-order valence-electron chi connectivity index (χ2n) is 7.43. The maximum atomic E-state index is 9.71. The maximum absolute atomic E-state index is 9.71. The van der Waals surface area contributed by atoms with Crippen molar-refractivity contribution in [3.8, 4) is 0 Å². The Morgan fingerprint density at radius 1 is 0.893 bits per heavy atom. The zero-order chi connectivity index (χ0) is 21.2. The van der Waals surface area contributed by atoms with Gasteiger partial charge in [0.05, 0.1) is 0 Å². The van der Waals surface area contributed by atoms with Gasteiger partial charge in [0, 0.05) is 5.76 Å². The van der Waals surface area contributed by atoms with E-state index in [0.29, 0.717) is 37.4 Å². The van der Waals surface area contributed by atoms with Crippen molar-refractivity contribution in [2.24, 2.45) is 11.8 Å². The highest BCUT2D eigenvalue weighted by Crippen LogP contribution is 2.17. The van der Waals surface area contributed by atoms with E-state index in [1.807, 2.05) is 6.92 Å². The first-order valence-electron chi connectivity index (χ1n) is 11.3. The summed E-state index contributed by atoms with van der Waals surface area (Å²) in [5, 5.41) is 0. The third kappa shape index (κ3) is 14.5. The van der Waals surface area contributed by atoms with Crippen molar-refractivity contribution in [1.82, 2.24) is 0 Å². The largest absolute Gasteiger partial charge is 0.777 e. The van der Waals surface area contributed by atoms with Gasteiger partial charge in [0.25, 0.3) is 0 Å². The SMILES string of the molecule is CCCCC(CC)C[O][Al-]([O]CC(CC)CCCC)[O]/C(C)=C\C(=[OH+])OCC. The fourth-order valence-corrected chi connectivity index (χ4v) is 4.35. The summed E-state index contributed by atoms with van der Waals surface area (Å²) >= 11 is -2.33. The fourth-order valence-electron chi connectivity index (χ4n) is 2.89. The minimum Gasteiger partial charge on any atom is -0.777 e. The molecule has 0 heterocycles. The smallest absolute Gasteiger partial charge is 0.653 e. The molecule has 0 aliphatic heterocycles. The van der Waals surface area contributed by atoms with Crippen molar-refractivity contribution in [3.05, 3.63) is 11.8 Å². The van der Waals surface area contributed by atoms with Gasteiger partial charge in [-0.15, -0.1) is 0 Å². The first-order chi connectivity index (χ1) is 13.5.